The first-order valence-corrected chi connectivity index (χ1v) is 14.1. The van der Waals surface area contributed by atoms with Crippen molar-refractivity contribution < 1.29 is 18.9 Å². The van der Waals surface area contributed by atoms with Crippen molar-refractivity contribution >= 4 is 17.8 Å². The third-order valence-electron chi connectivity index (χ3n) is 10.8. The van der Waals surface area contributed by atoms with E-state index in [0.29, 0.717) is 37.3 Å². The molecule has 1 atom stereocenters. The van der Waals surface area contributed by atoms with Crippen molar-refractivity contribution in [3.63, 3.8) is 0 Å². The molecule has 7 saturated carbocycles. The monoisotopic (exact) mass is 521 g/mol. The van der Waals surface area contributed by atoms with Gasteiger partial charge in [0.2, 0.25) is 5.89 Å². The molecular weight excluding hydrogens is 485 g/mol. The zero-order chi connectivity index (χ0) is 26.2. The Morgan fingerprint density at radius 1 is 1.18 bits per heavy atom. The molecule has 0 saturated heterocycles. The molecule has 9 rings (SSSR count). The van der Waals surface area contributed by atoms with Gasteiger partial charge in [0.1, 0.15) is 12.0 Å². The van der Waals surface area contributed by atoms with Crippen molar-refractivity contribution in [3.8, 4) is 0 Å². The number of carbonyl (C=O) groups excluding carboxylic acids is 1. The number of oxime groups is 1. The lowest BCUT2D eigenvalue weighted by atomic mass is 9.53. The average molecular weight is 522 g/mol. The minimum atomic E-state index is -1.19. The molecule has 2 aromatic rings. The van der Waals surface area contributed by atoms with Gasteiger partial charge in [-0.25, -0.2) is 4.39 Å². The van der Waals surface area contributed by atoms with E-state index >= 15 is 4.39 Å². The van der Waals surface area contributed by atoms with Gasteiger partial charge in [0.05, 0.1) is 0 Å². The van der Waals surface area contributed by atoms with Crippen molar-refractivity contribution in [1.29, 1.82) is 0 Å². The molecule has 1 aromatic heterocycles. The fourth-order valence-electron chi connectivity index (χ4n) is 8.17. The highest BCUT2D eigenvalue weighted by Gasteiger charge is 2.65. The molecule has 0 unspecified atom stereocenters. The number of benzene rings is 1. The average Bonchev–Trinajstić information content (AvgIpc) is 3.49. The van der Waals surface area contributed by atoms with Gasteiger partial charge >= 0.3 is 0 Å². The van der Waals surface area contributed by atoms with E-state index in [4.69, 9.17) is 15.2 Å². The summed E-state index contributed by atoms with van der Waals surface area (Å²) in [6.45, 7) is 1.29. The summed E-state index contributed by atoms with van der Waals surface area (Å²) < 4.78 is 20.8. The Bertz CT molecular complexity index is 1260. The van der Waals surface area contributed by atoms with Crippen LogP contribution in [0.3, 0.4) is 0 Å². The predicted octanol–water partition coefficient (Wildman–Crippen LogP) is 4.85. The number of fused-ring (bicyclic) bond motifs is 4. The molecule has 1 heterocycles. The summed E-state index contributed by atoms with van der Waals surface area (Å²) in [5, 5.41) is 16.7. The number of hydrogen-bond acceptors (Lipinski definition) is 7. The van der Waals surface area contributed by atoms with E-state index in [1.807, 2.05) is 24.3 Å². The van der Waals surface area contributed by atoms with Gasteiger partial charge in [0.25, 0.3) is 0 Å². The summed E-state index contributed by atoms with van der Waals surface area (Å²) >= 11 is 0. The first-order chi connectivity index (χ1) is 18.3. The number of alkyl halides is 1. The molecule has 38 heavy (non-hydrogen) atoms. The van der Waals surface area contributed by atoms with Crippen LogP contribution in [0.1, 0.15) is 93.8 Å². The Morgan fingerprint density at radius 2 is 1.92 bits per heavy atom. The van der Waals surface area contributed by atoms with Crippen LogP contribution in [-0.4, -0.2) is 46.2 Å². The maximum Gasteiger partial charge on any atom is 0.232 e. The zero-order valence-electron chi connectivity index (χ0n) is 21.7. The minimum Gasteiger partial charge on any atom is -0.409 e. The normalized spacial score (nSPS) is 37.7. The molecule has 3 N–H and O–H groups in total. The molecule has 0 amide bonds. The summed E-state index contributed by atoms with van der Waals surface area (Å²) in [7, 11) is 0. The van der Waals surface area contributed by atoms with E-state index in [2.05, 4.69) is 15.2 Å². The summed E-state index contributed by atoms with van der Waals surface area (Å²) in [5.41, 5.74) is 5.69. The van der Waals surface area contributed by atoms with Gasteiger partial charge < -0.3 is 25.2 Å². The number of nitrogens with zero attached hydrogens (tertiary/aromatic N) is 4. The first kappa shape index (κ1) is 24.1. The van der Waals surface area contributed by atoms with Gasteiger partial charge in [0, 0.05) is 41.1 Å². The van der Waals surface area contributed by atoms with Crippen LogP contribution in [-0.2, 0) is 10.2 Å². The predicted molar refractivity (Wildman–Crippen MR) is 139 cm³/mol. The summed E-state index contributed by atoms with van der Waals surface area (Å²) in [5.74, 6) is 2.34. The molecule has 0 aliphatic heterocycles. The van der Waals surface area contributed by atoms with Crippen LogP contribution in [0, 0.1) is 16.7 Å². The molecule has 7 aliphatic carbocycles. The summed E-state index contributed by atoms with van der Waals surface area (Å²) in [4.78, 5) is 19.6. The number of carbonyl (C=O) groups is 1. The first-order valence-electron chi connectivity index (χ1n) is 14.1. The quantitative estimate of drug-likeness (QED) is 0.159. The van der Waals surface area contributed by atoms with Crippen molar-refractivity contribution in [3.05, 3.63) is 41.5 Å². The van der Waals surface area contributed by atoms with E-state index < -0.39 is 11.1 Å². The van der Waals surface area contributed by atoms with E-state index in [1.165, 1.54) is 0 Å². The largest absolute Gasteiger partial charge is 0.409 e. The zero-order valence-corrected chi connectivity index (χ0v) is 21.7. The third-order valence-corrected chi connectivity index (χ3v) is 10.8. The van der Waals surface area contributed by atoms with Crippen molar-refractivity contribution in [2.24, 2.45) is 27.6 Å². The molecule has 8 nitrogen and oxygen atoms in total. The molecular formula is C29H36FN5O3. The molecule has 7 fully saturated rings. The standard InChI is InChI=1S/C29H36FN5O3/c30-29-13-21(14-29)28(15-29,18-36)17-35(22-3-1-2-20(12-22)23(31)33-37)16-26-6-9-27(10-7-26,11-8-26)25-32-24(34-38-25)19-4-5-19/h1-3,12,18-19,21,37H,4-11,13-17H2,(H2,31,33)/t21?,26?,27?,28-,29?/m1/s1. The van der Waals surface area contributed by atoms with E-state index in [9.17, 15) is 10.0 Å². The van der Waals surface area contributed by atoms with E-state index in [1.54, 1.807) is 0 Å². The fourth-order valence-corrected chi connectivity index (χ4v) is 8.17. The Hall–Kier alpha value is -2.97. The second kappa shape index (κ2) is 8.26. The Balaban J connectivity index is 1.15. The molecule has 1 aromatic carbocycles. The number of rotatable bonds is 9. The number of hydrogen-bond donors (Lipinski definition) is 2. The highest BCUT2D eigenvalue weighted by atomic mass is 19.1. The van der Waals surface area contributed by atoms with Crippen molar-refractivity contribution in [2.75, 3.05) is 18.0 Å². The second-order valence-corrected chi connectivity index (χ2v) is 13.2. The lowest BCUT2D eigenvalue weighted by Gasteiger charge is -2.54. The van der Waals surface area contributed by atoms with Gasteiger partial charge in [-0.3, -0.25) is 0 Å². The summed E-state index contributed by atoms with van der Waals surface area (Å²) in [6.07, 6.45) is 10.9. The molecule has 4 bridgehead atoms. The Morgan fingerprint density at radius 3 is 2.53 bits per heavy atom. The van der Waals surface area contributed by atoms with Gasteiger partial charge in [-0.2, -0.15) is 4.98 Å². The number of amidine groups is 1. The van der Waals surface area contributed by atoms with Crippen LogP contribution in [0.15, 0.2) is 33.9 Å². The van der Waals surface area contributed by atoms with E-state index in [-0.39, 0.29) is 22.6 Å². The molecule has 202 valence electrons. The molecule has 7 aliphatic rings. The maximum absolute atomic E-state index is 15.0. The smallest absolute Gasteiger partial charge is 0.232 e. The maximum atomic E-state index is 15.0. The number of nitrogens with two attached hydrogens (primary N) is 1. The lowest BCUT2D eigenvalue weighted by molar-refractivity contribution is -0.117. The molecule has 9 heteroatoms. The second-order valence-electron chi connectivity index (χ2n) is 13.2. The topological polar surface area (TPSA) is 118 Å². The van der Waals surface area contributed by atoms with E-state index in [0.717, 1.165) is 81.6 Å². The van der Waals surface area contributed by atoms with Gasteiger partial charge in [0.15, 0.2) is 11.7 Å². The van der Waals surface area contributed by atoms with Gasteiger partial charge in [-0.15, -0.1) is 0 Å². The van der Waals surface area contributed by atoms with Crippen LogP contribution in [0.25, 0.3) is 0 Å². The number of aldehydes is 1. The molecule has 0 spiro atoms. The number of halogens is 1. The highest BCUT2D eigenvalue weighted by Crippen LogP contribution is 2.64. The van der Waals surface area contributed by atoms with Crippen LogP contribution < -0.4 is 10.6 Å². The highest BCUT2D eigenvalue weighted by molar-refractivity contribution is 5.97. The van der Waals surface area contributed by atoms with Crippen molar-refractivity contribution in [2.45, 2.75) is 87.6 Å². The third kappa shape index (κ3) is 3.75. The lowest BCUT2D eigenvalue weighted by Crippen LogP contribution is -2.51. The van der Waals surface area contributed by atoms with Crippen LogP contribution in [0.2, 0.25) is 0 Å². The molecule has 0 radical (unpaired) electrons. The Kier molecular flexibility index (Phi) is 5.24. The van der Waals surface area contributed by atoms with Crippen LogP contribution >= 0.6 is 0 Å². The number of aromatic nitrogens is 2. The van der Waals surface area contributed by atoms with Gasteiger partial charge in [-0.05, 0) is 94.1 Å². The SMILES string of the molecule is N/C(=N\O)c1cccc(N(CC23CCC(c4nc(C5CC5)no4)(CC2)CC3)C[C@@]2(C=O)CC3(F)CC2C3)c1. The Labute approximate surface area is 221 Å². The van der Waals surface area contributed by atoms with Gasteiger partial charge in [-0.1, -0.05) is 22.4 Å². The summed E-state index contributed by atoms with van der Waals surface area (Å²) in [6, 6.07) is 7.64. The fraction of sp³-hybridized carbons (Fsp3) is 0.655. The van der Waals surface area contributed by atoms with Crippen LogP contribution in [0.5, 0.6) is 0 Å². The van der Waals surface area contributed by atoms with Crippen molar-refractivity contribution in [1.82, 2.24) is 10.1 Å². The number of anilines is 1. The minimum absolute atomic E-state index is 0.0179. The van der Waals surface area contributed by atoms with Crippen LogP contribution in [0.4, 0.5) is 10.1 Å².